The number of nitrogens with one attached hydrogen (secondary N) is 2. The summed E-state index contributed by atoms with van der Waals surface area (Å²) in [5.74, 6) is 0.508. The lowest BCUT2D eigenvalue weighted by atomic mass is 10.1. The molecular weight excluding hydrogens is 1640 g/mol. The number of hydrogen-bond acceptors (Lipinski definition) is 15. The number of benzene rings is 4. The molecule has 105 heavy (non-hydrogen) atoms. The maximum Gasteiger partial charge on any atom is 0.211 e. The van der Waals surface area contributed by atoms with Crippen LogP contribution in [0.25, 0.3) is 0 Å². The Labute approximate surface area is 671 Å². The van der Waals surface area contributed by atoms with Gasteiger partial charge in [-0.3, -0.25) is 4.39 Å². The number of sulfone groups is 3. The normalized spacial score (nSPS) is 14.8. The highest BCUT2D eigenvalue weighted by Gasteiger charge is 2.38. The van der Waals surface area contributed by atoms with E-state index in [1.54, 1.807) is 18.7 Å². The summed E-state index contributed by atoms with van der Waals surface area (Å²) in [4.78, 5) is 13.6. The van der Waals surface area contributed by atoms with Crippen LogP contribution in [0.3, 0.4) is 0 Å². The first kappa shape index (κ1) is 103. The largest absolute Gasteiger partial charge is 0.413 e. The average Bonchev–Trinajstić information content (AvgIpc) is 0.919. The van der Waals surface area contributed by atoms with Crippen molar-refractivity contribution in [3.05, 3.63) is 147 Å². The number of piperidine rings is 3. The number of aliphatic hydroxyl groups excluding tert-OH is 1. The molecule has 3 saturated heterocycles. The molecule has 3 N–H and O–H groups in total. The number of rotatable bonds is 24. The van der Waals surface area contributed by atoms with E-state index in [0.29, 0.717) is 38.2 Å². The lowest BCUT2D eigenvalue weighted by Gasteiger charge is -2.36. The summed E-state index contributed by atoms with van der Waals surface area (Å²) in [7, 11) is -4.60. The molecule has 3 fully saturated rings. The van der Waals surface area contributed by atoms with E-state index in [0.717, 1.165) is 97.3 Å². The average molecular weight is 1770 g/mol. The Balaban J connectivity index is 0.00000122. The summed E-state index contributed by atoms with van der Waals surface area (Å²) >= 11 is 12.6. The van der Waals surface area contributed by atoms with E-state index in [4.69, 9.17) is 29.8 Å². The molecule has 8 rings (SSSR count). The molecular formula is C77H132Br2Cl3FN6O10S4Si2. The van der Waals surface area contributed by atoms with Gasteiger partial charge in [-0.2, -0.15) is 0 Å². The highest BCUT2D eigenvalue weighted by atomic mass is 79.9. The van der Waals surface area contributed by atoms with E-state index in [2.05, 4.69) is 226 Å². The molecule has 0 bridgehead atoms. The van der Waals surface area contributed by atoms with E-state index in [1.807, 2.05) is 49.4 Å². The summed E-state index contributed by atoms with van der Waals surface area (Å²) in [5, 5.41) is 11.8. The zero-order chi connectivity index (χ0) is 79.9. The first-order valence-electron chi connectivity index (χ1n) is 36.9. The van der Waals surface area contributed by atoms with Gasteiger partial charge in [0.1, 0.15) is 29.5 Å². The van der Waals surface area contributed by atoms with Crippen LogP contribution in [-0.2, 0) is 73.3 Å². The van der Waals surface area contributed by atoms with Gasteiger partial charge in [0.25, 0.3) is 0 Å². The van der Waals surface area contributed by atoms with E-state index in [9.17, 15) is 29.6 Å². The number of unbranched alkanes of at least 4 members (excludes halogenated alkanes) is 4. The molecule has 0 radical (unpaired) electrons. The molecule has 604 valence electrons. The number of hydrogen-bond donors (Lipinski definition) is 3. The first-order chi connectivity index (χ1) is 49.0. The number of aromatic nitrogens is 2. The van der Waals surface area contributed by atoms with Crippen molar-refractivity contribution in [2.45, 2.75) is 237 Å². The molecule has 4 heterocycles. The zero-order valence-corrected chi connectivity index (χ0v) is 77.0. The lowest BCUT2D eigenvalue weighted by Crippen LogP contribution is -2.40. The quantitative estimate of drug-likeness (QED) is 0.0298. The van der Waals surface area contributed by atoms with Crippen molar-refractivity contribution in [2.75, 3.05) is 94.1 Å². The van der Waals surface area contributed by atoms with Crippen LogP contribution in [0.4, 0.5) is 15.8 Å². The van der Waals surface area contributed by atoms with Crippen molar-refractivity contribution >= 4 is 132 Å². The van der Waals surface area contributed by atoms with Gasteiger partial charge in [-0.25, -0.2) is 34.4 Å². The van der Waals surface area contributed by atoms with Crippen LogP contribution in [0.2, 0.25) is 36.3 Å². The number of aromatic amines is 1. The zero-order valence-electron chi connectivity index (χ0n) is 66.3. The number of halogens is 6. The molecule has 0 atom stereocenters. The van der Waals surface area contributed by atoms with Crippen LogP contribution in [0.1, 0.15) is 181 Å². The predicted molar refractivity (Wildman–Crippen MR) is 462 cm³/mol. The SMILES string of the molecule is CC(C)(C)[Si](C)(C)OCc1cccc(Br)c1.CC(C)(C)[Si](C)(C)OCc1cccc(N2CCC(S(C)(=O)=O)CC2)c1.CCCCF.CCCCN(CCCC)CCCC.CS(=O)(=O)C1CCN(c2cccc(CCl)c2)CC1.CS(=O)(=O)C1CCNCC1.O=S(Cl)Cl.OCc1cccc(Br)c1.c1c[nH]cn1. The monoisotopic (exact) mass is 1770 g/mol. The molecule has 0 amide bonds. The Morgan fingerprint density at radius 3 is 1.20 bits per heavy atom. The van der Waals surface area contributed by atoms with Gasteiger partial charge in [-0.05, 0) is 204 Å². The van der Waals surface area contributed by atoms with Gasteiger partial charge in [-0.15, -0.1) is 11.6 Å². The minimum absolute atomic E-state index is 0.0891. The number of aliphatic hydroxyl groups is 1. The lowest BCUT2D eigenvalue weighted by molar-refractivity contribution is 0.261. The fourth-order valence-electron chi connectivity index (χ4n) is 10.0. The Hall–Kier alpha value is -2.32. The molecule has 28 heteroatoms. The number of imidazole rings is 1. The second kappa shape index (κ2) is 55.2. The molecule has 0 saturated carbocycles. The minimum atomic E-state index is -2.92. The highest BCUT2D eigenvalue weighted by molar-refractivity contribution is 9.10. The highest BCUT2D eigenvalue weighted by Crippen LogP contribution is 2.38. The van der Waals surface area contributed by atoms with Gasteiger partial charge in [0, 0.05) is 105 Å². The van der Waals surface area contributed by atoms with Crippen LogP contribution in [0.5, 0.6) is 0 Å². The fraction of sp³-hybridized carbons (Fsp3) is 0.649. The van der Waals surface area contributed by atoms with Gasteiger partial charge < -0.3 is 39.0 Å². The first-order valence-corrected chi connectivity index (χ1v) is 53.5. The molecule has 16 nitrogen and oxygen atoms in total. The Kier molecular flexibility index (Phi) is 54.0. The van der Waals surface area contributed by atoms with Crippen molar-refractivity contribution in [2.24, 2.45) is 0 Å². The van der Waals surface area contributed by atoms with E-state index < -0.39 is 55.4 Å². The predicted octanol–water partition coefficient (Wildman–Crippen LogP) is 20.3. The van der Waals surface area contributed by atoms with Crippen molar-refractivity contribution in [3.63, 3.8) is 0 Å². The van der Waals surface area contributed by atoms with Crippen LogP contribution in [0.15, 0.2) is 125 Å². The molecule has 0 spiro atoms. The second-order valence-corrected chi connectivity index (χ2v) is 50.9. The number of alkyl halides is 2. The Bertz CT molecular complexity index is 3400. The summed E-state index contributed by atoms with van der Waals surface area (Å²) in [6.07, 6.45) is 23.3. The number of anilines is 2. The fourth-order valence-corrected chi connectivity index (χ4v) is 16.2. The third-order valence-electron chi connectivity index (χ3n) is 18.8. The van der Waals surface area contributed by atoms with Crippen molar-refractivity contribution in [3.8, 4) is 0 Å². The van der Waals surface area contributed by atoms with Crippen LogP contribution in [0, 0.1) is 0 Å². The third-order valence-corrected chi connectivity index (χ3v) is 34.1. The smallest absolute Gasteiger partial charge is 0.211 e. The van der Waals surface area contributed by atoms with Gasteiger partial charge in [0.2, 0.25) is 9.23 Å². The summed E-state index contributed by atoms with van der Waals surface area (Å²) in [6.45, 7) is 41.6. The molecule has 0 aliphatic carbocycles. The van der Waals surface area contributed by atoms with E-state index >= 15 is 0 Å². The van der Waals surface area contributed by atoms with Gasteiger partial charge in [-0.1, -0.05) is 175 Å². The van der Waals surface area contributed by atoms with Crippen LogP contribution in [-0.4, -0.2) is 166 Å². The van der Waals surface area contributed by atoms with Crippen molar-refractivity contribution in [1.82, 2.24) is 20.2 Å². The topological polar surface area (TPSA) is 209 Å². The molecule has 4 aromatic carbocycles. The minimum Gasteiger partial charge on any atom is -0.413 e. The summed E-state index contributed by atoms with van der Waals surface area (Å²) < 4.78 is 103. The number of nitrogens with zero attached hydrogens (tertiary/aromatic N) is 4. The van der Waals surface area contributed by atoms with Gasteiger partial charge >= 0.3 is 0 Å². The molecule has 5 aromatic rings. The maximum atomic E-state index is 11.7. The van der Waals surface area contributed by atoms with Gasteiger partial charge in [0.05, 0.1) is 48.6 Å². The van der Waals surface area contributed by atoms with Crippen molar-refractivity contribution < 1.29 is 47.8 Å². The molecule has 0 unspecified atom stereocenters. The third kappa shape index (κ3) is 48.3. The Morgan fingerprint density at radius 1 is 0.581 bits per heavy atom. The standard InChI is InChI=1S/C19H33NO3SSi.C13H21BrOSi.C13H18ClNO2S.C12H27N.C7H7BrO.C6H13NO2S.C4H9F.C3H4N2.Cl2OS/c1-19(2,3)25(5,6)23-15-16-8-7-9-17(14-16)20-12-10-18(11-13-20)24(4,21)22;1-13(2,3)16(4,5)15-10-11-7-6-8-12(14)9-11;1-18(16,17)13-5-7-15(8-6-13)12-4-2-3-11(9-12)10-14;1-4-7-10-13(11-8-5-2)12-9-6-3;8-7-3-1-2-6(4-7)5-9;1-10(8,9)6-2-4-7-5-3-6;1-2-3-4-5;1-2-5-3-4-1;1-4(2)3/h7-9,14,18H,10-13,15H2,1-6H3;6-9H,10H2,1-5H3;2-4,9,13H,5-8,10H2,1H3;4-12H2,1-3H3;1-4,9H,5H2;6-7H,2-5H2,1H3;2-4H2,1H3;1-3H,(H,4,5);. The molecule has 3 aliphatic heterocycles. The summed E-state index contributed by atoms with van der Waals surface area (Å²) in [6, 6.07) is 32.5. The Morgan fingerprint density at radius 2 is 0.924 bits per heavy atom. The maximum absolute atomic E-state index is 11.7. The van der Waals surface area contributed by atoms with Crippen molar-refractivity contribution in [1.29, 1.82) is 0 Å². The van der Waals surface area contributed by atoms with Crippen LogP contribution < -0.4 is 15.1 Å². The number of H-pyrrole nitrogens is 1. The second-order valence-electron chi connectivity index (χ2n) is 29.7. The summed E-state index contributed by atoms with van der Waals surface area (Å²) in [5.41, 5.74) is 6.76. The molecule has 3 aliphatic rings. The van der Waals surface area contributed by atoms with Crippen LogP contribution >= 0.6 is 64.8 Å². The molecule has 1 aromatic heterocycles. The van der Waals surface area contributed by atoms with E-state index in [-0.39, 0.29) is 39.1 Å². The van der Waals surface area contributed by atoms with Gasteiger partial charge in [0.15, 0.2) is 16.6 Å². The van der Waals surface area contributed by atoms with E-state index in [1.165, 1.54) is 93.7 Å².